The van der Waals surface area contributed by atoms with Gasteiger partial charge in [0.05, 0.1) is 11.8 Å². The van der Waals surface area contributed by atoms with Crippen LogP contribution in [0.25, 0.3) is 0 Å². The van der Waals surface area contributed by atoms with E-state index in [0.717, 1.165) is 0 Å². The maximum Gasteiger partial charge on any atom is 0.333 e. The predicted octanol–water partition coefficient (Wildman–Crippen LogP) is 1.15. The van der Waals surface area contributed by atoms with E-state index in [-0.39, 0.29) is 16.4 Å². The Kier molecular flexibility index (Phi) is 3.29. The molecule has 0 atom stereocenters. The van der Waals surface area contributed by atoms with E-state index in [1.165, 1.54) is 0 Å². The molecule has 18 heavy (non-hydrogen) atoms. The Hall–Kier alpha value is -1.57. The van der Waals surface area contributed by atoms with Crippen LogP contribution < -0.4 is 5.56 Å². The molecule has 2 rings (SSSR count). The van der Waals surface area contributed by atoms with Crippen LogP contribution in [0.3, 0.4) is 0 Å². The number of hydrogen-bond donors (Lipinski definition) is 0. The molecule has 0 spiro atoms. The Morgan fingerprint density at radius 1 is 1.22 bits per heavy atom. The number of hydrogen-bond acceptors (Lipinski definition) is 4. The normalized spacial score (nSPS) is 11.7. The predicted molar refractivity (Wildman–Crippen MR) is 61.3 cm³/mol. The van der Waals surface area contributed by atoms with E-state index in [2.05, 4.69) is 0 Å². The highest BCUT2D eigenvalue weighted by molar-refractivity contribution is 7.85. The third-order valence-electron chi connectivity index (χ3n) is 2.26. The van der Waals surface area contributed by atoms with Gasteiger partial charge in [0.15, 0.2) is 5.76 Å². The van der Waals surface area contributed by atoms with Gasteiger partial charge in [-0.3, -0.25) is 4.79 Å². The number of aromatic nitrogens is 1. The first-order valence-corrected chi connectivity index (χ1v) is 6.55. The molecule has 0 aliphatic carbocycles. The van der Waals surface area contributed by atoms with Crippen LogP contribution in [0.15, 0.2) is 44.5 Å². The molecule has 2 aromatic rings. The fraction of sp³-hybridized carbons (Fsp3) is 0.100. The van der Waals surface area contributed by atoms with Crippen molar-refractivity contribution >= 4 is 21.9 Å². The average molecular weight is 289 g/mol. The minimum Gasteiger partial charge on any atom is -0.363 e. The van der Waals surface area contributed by atoms with Gasteiger partial charge in [-0.25, -0.2) is 0 Å². The van der Waals surface area contributed by atoms with Crippen molar-refractivity contribution in [3.05, 3.63) is 52.0 Å². The largest absolute Gasteiger partial charge is 0.363 e. The number of benzene rings is 1. The lowest BCUT2D eigenvalue weighted by atomic mass is 10.1. The lowest BCUT2D eigenvalue weighted by Gasteiger charge is -1.97. The van der Waals surface area contributed by atoms with Gasteiger partial charge in [-0.2, -0.15) is 8.42 Å². The quantitative estimate of drug-likeness (QED) is 0.847. The molecule has 0 amide bonds. The van der Waals surface area contributed by atoms with Gasteiger partial charge in [-0.15, -0.1) is 0 Å². The molecule has 0 bridgehead atoms. The Labute approximate surface area is 107 Å². The highest BCUT2D eigenvalue weighted by Gasteiger charge is 2.28. The van der Waals surface area contributed by atoms with Crippen LogP contribution in [0.1, 0.15) is 11.3 Å². The molecule has 0 aliphatic rings. The van der Waals surface area contributed by atoms with Crippen LogP contribution in [0.4, 0.5) is 0 Å². The van der Waals surface area contributed by atoms with Crippen molar-refractivity contribution in [3.8, 4) is 0 Å². The van der Waals surface area contributed by atoms with Gasteiger partial charge in [-0.05, 0) is 5.56 Å². The van der Waals surface area contributed by atoms with Crippen LogP contribution in [-0.2, 0) is 21.1 Å². The number of nitrogens with zero attached hydrogens (tertiary/aromatic N) is 1. The zero-order chi connectivity index (χ0) is 13.3. The monoisotopic (exact) mass is 288 g/mol. The van der Waals surface area contributed by atoms with E-state index >= 15 is 0 Å². The second-order valence-electron chi connectivity index (χ2n) is 3.51. The van der Waals surface area contributed by atoms with Crippen molar-refractivity contribution in [2.45, 2.75) is 11.3 Å². The Morgan fingerprint density at radius 2 is 1.83 bits per heavy atom. The van der Waals surface area contributed by atoms with Crippen molar-refractivity contribution in [2.24, 2.45) is 0 Å². The van der Waals surface area contributed by atoms with Crippen molar-refractivity contribution in [1.29, 1.82) is 0 Å². The lowest BCUT2D eigenvalue weighted by molar-refractivity contribution is 0.345. The van der Waals surface area contributed by atoms with Crippen molar-refractivity contribution in [3.63, 3.8) is 0 Å². The summed E-state index contributed by atoms with van der Waals surface area (Å²) in [6.07, 6.45) is -0.00734. The first kappa shape index (κ1) is 12.9. The Balaban J connectivity index is 2.53. The Morgan fingerprint density at radius 3 is 2.39 bits per heavy atom. The van der Waals surface area contributed by atoms with Crippen molar-refractivity contribution < 1.29 is 17.5 Å². The van der Waals surface area contributed by atoms with E-state index in [1.54, 1.807) is 30.3 Å². The highest BCUT2D eigenvalue weighted by Crippen LogP contribution is 2.17. The van der Waals surface area contributed by atoms with Crippen LogP contribution in [0.5, 0.6) is 0 Å². The molecule has 0 saturated heterocycles. The van der Waals surface area contributed by atoms with E-state index in [0.29, 0.717) is 5.56 Å². The first-order valence-electron chi connectivity index (χ1n) is 4.81. The van der Waals surface area contributed by atoms with Crippen LogP contribution in [-0.4, -0.2) is 12.7 Å². The summed E-state index contributed by atoms with van der Waals surface area (Å²) in [5.74, 6) is -0.267. The van der Waals surface area contributed by atoms with E-state index in [9.17, 15) is 17.8 Å². The average Bonchev–Trinajstić information content (AvgIpc) is 2.55. The molecule has 8 heteroatoms. The molecule has 0 fully saturated rings. The molecule has 1 heterocycles. The molecule has 0 saturated carbocycles. The van der Waals surface area contributed by atoms with E-state index < -0.39 is 20.6 Å². The summed E-state index contributed by atoms with van der Waals surface area (Å²) in [7, 11) is -4.92. The van der Waals surface area contributed by atoms with E-state index in [1.807, 2.05) is 0 Å². The second kappa shape index (κ2) is 4.60. The van der Waals surface area contributed by atoms with Gasteiger partial charge < -0.3 is 4.52 Å². The lowest BCUT2D eigenvalue weighted by Crippen LogP contribution is -2.15. The summed E-state index contributed by atoms with van der Waals surface area (Å²) >= 11 is 5.34. The van der Waals surface area contributed by atoms with Crippen molar-refractivity contribution in [1.82, 2.24) is 4.26 Å². The maximum absolute atomic E-state index is 11.4. The minimum absolute atomic E-state index is 0.00734. The number of halogens is 1. The SMILES string of the molecule is [O]S(=O)(=O)c1c(Cc2ccccc2)on(Cl)c1=O. The first-order chi connectivity index (χ1) is 8.39. The van der Waals surface area contributed by atoms with Crippen LogP contribution in [0, 0.1) is 0 Å². The third kappa shape index (κ3) is 2.47. The summed E-state index contributed by atoms with van der Waals surface area (Å²) in [6, 6.07) is 8.64. The molecular weight excluding hydrogens is 282 g/mol. The summed E-state index contributed by atoms with van der Waals surface area (Å²) in [4.78, 5) is 10.4. The second-order valence-corrected chi connectivity index (χ2v) is 5.13. The molecule has 1 radical (unpaired) electrons. The van der Waals surface area contributed by atoms with Gasteiger partial charge in [0, 0.05) is 6.42 Å². The van der Waals surface area contributed by atoms with Gasteiger partial charge in [0.25, 0.3) is 0 Å². The third-order valence-corrected chi connectivity index (χ3v) is 3.38. The molecule has 1 aromatic heterocycles. The van der Waals surface area contributed by atoms with Gasteiger partial charge in [-0.1, -0.05) is 39.1 Å². The van der Waals surface area contributed by atoms with E-state index in [4.69, 9.17) is 16.3 Å². The minimum atomic E-state index is -4.92. The molecular formula is C10H7ClNO5S. The molecule has 0 unspecified atom stereocenters. The fourth-order valence-electron chi connectivity index (χ4n) is 1.52. The summed E-state index contributed by atoms with van der Waals surface area (Å²) < 4.78 is 37.9. The number of rotatable bonds is 3. The van der Waals surface area contributed by atoms with Gasteiger partial charge in [0.1, 0.15) is 0 Å². The molecule has 1 aromatic carbocycles. The molecule has 95 valence electrons. The zero-order valence-corrected chi connectivity index (χ0v) is 10.4. The molecule has 0 aliphatic heterocycles. The van der Waals surface area contributed by atoms with Crippen LogP contribution >= 0.6 is 11.8 Å². The van der Waals surface area contributed by atoms with Crippen LogP contribution in [0.2, 0.25) is 0 Å². The Bertz CT molecular complexity index is 716. The van der Waals surface area contributed by atoms with Gasteiger partial charge in [0.2, 0.25) is 4.90 Å². The topological polar surface area (TPSA) is 89.2 Å². The molecule has 0 N–H and O–H groups in total. The van der Waals surface area contributed by atoms with Gasteiger partial charge >= 0.3 is 15.7 Å². The summed E-state index contributed by atoms with van der Waals surface area (Å²) in [5, 5.41) is 0. The summed E-state index contributed by atoms with van der Waals surface area (Å²) in [6.45, 7) is 0. The highest BCUT2D eigenvalue weighted by atomic mass is 35.5. The molecule has 6 nitrogen and oxygen atoms in total. The van der Waals surface area contributed by atoms with Crippen molar-refractivity contribution in [2.75, 3.05) is 0 Å². The maximum atomic E-state index is 11.4. The zero-order valence-electron chi connectivity index (χ0n) is 8.87. The smallest absolute Gasteiger partial charge is 0.333 e. The summed E-state index contributed by atoms with van der Waals surface area (Å²) in [5.41, 5.74) is -0.481. The standard InChI is InChI=1S/C10H7ClNO5S/c11-12-10(13)9(18(14,15)16)8(17-12)6-7-4-2-1-3-5-7/h1-5H,6H2. The fourth-order valence-corrected chi connectivity index (χ4v) is 2.42.